The van der Waals surface area contributed by atoms with Gasteiger partial charge in [0, 0.05) is 33.3 Å². The molecule has 1 aromatic rings. The van der Waals surface area contributed by atoms with Crippen LogP contribution in [0.2, 0.25) is 0 Å². The van der Waals surface area contributed by atoms with Gasteiger partial charge in [0.2, 0.25) is 0 Å². The molecule has 0 radical (unpaired) electrons. The van der Waals surface area contributed by atoms with Crippen LogP contribution >= 0.6 is 11.8 Å². The minimum atomic E-state index is -0.236. The Bertz CT molecular complexity index is 467. The van der Waals surface area contributed by atoms with E-state index >= 15 is 0 Å². The van der Waals surface area contributed by atoms with E-state index in [1.54, 1.807) is 40.2 Å². The average Bonchev–Trinajstić information content (AvgIpc) is 2.56. The zero-order valence-corrected chi connectivity index (χ0v) is 15.2. The third-order valence-corrected chi connectivity index (χ3v) is 5.17. The number of thioether (sulfide) groups is 1. The predicted octanol–water partition coefficient (Wildman–Crippen LogP) is 2.50. The van der Waals surface area contributed by atoms with E-state index in [1.807, 2.05) is 0 Å². The summed E-state index contributed by atoms with van der Waals surface area (Å²) in [5, 5.41) is 0. The van der Waals surface area contributed by atoms with E-state index in [9.17, 15) is 0 Å². The molecular formula is C17H26O5S. The van der Waals surface area contributed by atoms with Gasteiger partial charge in [-0.25, -0.2) is 0 Å². The fourth-order valence-corrected chi connectivity index (χ4v) is 3.98. The van der Waals surface area contributed by atoms with Gasteiger partial charge in [0.05, 0.1) is 6.61 Å². The fraction of sp³-hybridized carbons (Fsp3) is 0.647. The van der Waals surface area contributed by atoms with Gasteiger partial charge in [0.15, 0.2) is 0 Å². The van der Waals surface area contributed by atoms with Crippen LogP contribution in [0.1, 0.15) is 5.56 Å². The van der Waals surface area contributed by atoms with Crippen LogP contribution in [0.15, 0.2) is 29.2 Å². The molecule has 1 aliphatic rings. The number of benzene rings is 1. The van der Waals surface area contributed by atoms with Gasteiger partial charge in [-0.15, -0.1) is 0 Å². The Morgan fingerprint density at radius 1 is 0.913 bits per heavy atom. The summed E-state index contributed by atoms with van der Waals surface area (Å²) in [7, 11) is 6.66. The van der Waals surface area contributed by atoms with Crippen molar-refractivity contribution in [3.05, 3.63) is 29.8 Å². The fourth-order valence-electron chi connectivity index (χ4n) is 2.82. The van der Waals surface area contributed by atoms with Gasteiger partial charge < -0.3 is 23.7 Å². The zero-order valence-electron chi connectivity index (χ0n) is 14.4. The Morgan fingerprint density at radius 2 is 1.52 bits per heavy atom. The van der Waals surface area contributed by atoms with E-state index in [0.29, 0.717) is 6.61 Å². The Kier molecular flexibility index (Phi) is 7.33. The molecule has 1 aromatic carbocycles. The second-order valence-electron chi connectivity index (χ2n) is 5.53. The number of hydrogen-bond donors (Lipinski definition) is 0. The van der Waals surface area contributed by atoms with Crippen LogP contribution in [0.4, 0.5) is 0 Å². The summed E-state index contributed by atoms with van der Waals surface area (Å²) in [5.74, 6) is 0. The first kappa shape index (κ1) is 18.7. The van der Waals surface area contributed by atoms with Gasteiger partial charge in [-0.1, -0.05) is 29.5 Å². The molecule has 5 nitrogen and oxygen atoms in total. The first-order chi connectivity index (χ1) is 11.1. The lowest BCUT2D eigenvalue weighted by atomic mass is 9.99. The normalized spacial score (nSPS) is 31.3. The Morgan fingerprint density at radius 3 is 2.04 bits per heavy atom. The van der Waals surface area contributed by atoms with E-state index in [0.717, 1.165) is 4.90 Å². The molecule has 0 saturated carbocycles. The van der Waals surface area contributed by atoms with Crippen LogP contribution in [-0.2, 0) is 23.7 Å². The highest BCUT2D eigenvalue weighted by atomic mass is 32.2. The highest BCUT2D eigenvalue weighted by molar-refractivity contribution is 7.99. The lowest BCUT2D eigenvalue weighted by Gasteiger charge is -2.44. The number of ether oxygens (including phenoxy) is 5. The average molecular weight is 342 g/mol. The maximum Gasteiger partial charge on any atom is 0.137 e. The Labute approximate surface area is 142 Å². The molecule has 1 heterocycles. The van der Waals surface area contributed by atoms with E-state index in [4.69, 9.17) is 23.7 Å². The highest BCUT2D eigenvalue weighted by Gasteiger charge is 2.47. The van der Waals surface area contributed by atoms with Gasteiger partial charge in [0.1, 0.15) is 29.9 Å². The van der Waals surface area contributed by atoms with Crippen molar-refractivity contribution >= 4 is 11.8 Å². The quantitative estimate of drug-likeness (QED) is 0.759. The molecule has 1 saturated heterocycles. The number of methoxy groups -OCH3 is 4. The molecule has 0 N–H and O–H groups in total. The van der Waals surface area contributed by atoms with Crippen molar-refractivity contribution in [2.45, 2.75) is 41.7 Å². The summed E-state index contributed by atoms with van der Waals surface area (Å²) in [4.78, 5) is 1.13. The SMILES string of the molecule is COC[C@H]1O[C@@H](Sc2ccc(C)cc2)[C@H](OC)[C@@H](OC)[C@@H]1OC. The van der Waals surface area contributed by atoms with Gasteiger partial charge in [0.25, 0.3) is 0 Å². The maximum atomic E-state index is 6.21. The molecule has 130 valence electrons. The minimum absolute atomic E-state index is 0.195. The van der Waals surface area contributed by atoms with Crippen LogP contribution in [-0.4, -0.2) is 64.9 Å². The first-order valence-corrected chi connectivity index (χ1v) is 8.48. The summed E-state index contributed by atoms with van der Waals surface area (Å²) in [5.41, 5.74) is 1.04. The van der Waals surface area contributed by atoms with Gasteiger partial charge in [-0.3, -0.25) is 0 Å². The molecule has 0 spiro atoms. The number of rotatable bonds is 7. The molecule has 0 aromatic heterocycles. The smallest absolute Gasteiger partial charge is 0.137 e. The van der Waals surface area contributed by atoms with Gasteiger partial charge in [-0.05, 0) is 19.1 Å². The largest absolute Gasteiger partial charge is 0.382 e. The molecular weight excluding hydrogens is 316 g/mol. The molecule has 0 unspecified atom stereocenters. The summed E-state index contributed by atoms with van der Waals surface area (Å²) in [6.45, 7) is 2.52. The number of hydrogen-bond acceptors (Lipinski definition) is 6. The van der Waals surface area contributed by atoms with Crippen LogP contribution < -0.4 is 0 Å². The summed E-state index contributed by atoms with van der Waals surface area (Å²) >= 11 is 1.63. The van der Waals surface area contributed by atoms with Crippen molar-refractivity contribution in [1.29, 1.82) is 0 Å². The topological polar surface area (TPSA) is 46.2 Å². The summed E-state index contributed by atoms with van der Waals surface area (Å²) in [6.07, 6.45) is -0.893. The van der Waals surface area contributed by atoms with Crippen molar-refractivity contribution in [1.82, 2.24) is 0 Å². The molecule has 0 aliphatic carbocycles. The maximum absolute atomic E-state index is 6.21. The zero-order chi connectivity index (χ0) is 16.8. The van der Waals surface area contributed by atoms with Gasteiger partial charge in [-0.2, -0.15) is 0 Å². The van der Waals surface area contributed by atoms with E-state index < -0.39 is 0 Å². The van der Waals surface area contributed by atoms with Crippen molar-refractivity contribution < 1.29 is 23.7 Å². The number of aryl methyl sites for hydroxylation is 1. The molecule has 2 rings (SSSR count). The van der Waals surface area contributed by atoms with Crippen LogP contribution in [0.25, 0.3) is 0 Å². The van der Waals surface area contributed by atoms with E-state index in [1.165, 1.54) is 5.56 Å². The predicted molar refractivity (Wildman–Crippen MR) is 90.0 cm³/mol. The van der Waals surface area contributed by atoms with Gasteiger partial charge >= 0.3 is 0 Å². The summed E-state index contributed by atoms with van der Waals surface area (Å²) in [6, 6.07) is 8.36. The molecule has 6 heteroatoms. The van der Waals surface area contributed by atoms with E-state index in [-0.39, 0.29) is 29.9 Å². The lowest BCUT2D eigenvalue weighted by molar-refractivity contribution is -0.229. The Hall–Kier alpha value is -0.630. The second kappa shape index (κ2) is 9.01. The third kappa shape index (κ3) is 4.47. The monoisotopic (exact) mass is 342 g/mol. The second-order valence-corrected chi connectivity index (χ2v) is 6.70. The molecule has 0 amide bonds. The minimum Gasteiger partial charge on any atom is -0.382 e. The van der Waals surface area contributed by atoms with Crippen molar-refractivity contribution in [2.75, 3.05) is 35.0 Å². The van der Waals surface area contributed by atoms with Crippen LogP contribution in [0.3, 0.4) is 0 Å². The molecule has 0 bridgehead atoms. The van der Waals surface area contributed by atoms with Crippen LogP contribution in [0, 0.1) is 6.92 Å². The standard InChI is InChI=1S/C17H26O5S/c1-11-6-8-12(9-7-11)23-17-16(21-5)15(20-4)14(19-3)13(22-17)10-18-2/h6-9,13-17H,10H2,1-5H3/t13-,14-,15+,16-,17+/m1/s1. The Balaban J connectivity index is 2.19. The van der Waals surface area contributed by atoms with E-state index in [2.05, 4.69) is 31.2 Å². The third-order valence-electron chi connectivity index (χ3n) is 4.01. The lowest BCUT2D eigenvalue weighted by Crippen LogP contribution is -2.59. The molecule has 1 aliphatic heterocycles. The first-order valence-electron chi connectivity index (χ1n) is 7.60. The molecule has 23 heavy (non-hydrogen) atoms. The van der Waals surface area contributed by atoms with Crippen molar-refractivity contribution in [3.63, 3.8) is 0 Å². The van der Waals surface area contributed by atoms with Crippen molar-refractivity contribution in [2.24, 2.45) is 0 Å². The van der Waals surface area contributed by atoms with Crippen molar-refractivity contribution in [3.8, 4) is 0 Å². The van der Waals surface area contributed by atoms with Crippen LogP contribution in [0.5, 0.6) is 0 Å². The summed E-state index contributed by atoms with van der Waals surface area (Å²) < 4.78 is 28.4. The highest BCUT2D eigenvalue weighted by Crippen LogP contribution is 2.36. The molecule has 5 atom stereocenters. The molecule has 1 fully saturated rings.